The standard InChI is InChI=1S/C17H16FN3O5/c1-10(16(22)20-12-5-3-4-11(18)8-12)26-17(23)14-9-13(21(24)25)6-7-15(14)19-2/h3-10,19H,1-2H3,(H,20,22)/t10-/m1/s1. The molecule has 9 heteroatoms. The van der Waals surface area contributed by atoms with Gasteiger partial charge in [0.05, 0.1) is 10.5 Å². The summed E-state index contributed by atoms with van der Waals surface area (Å²) in [7, 11) is 1.54. The van der Waals surface area contributed by atoms with Crippen molar-refractivity contribution >= 4 is 28.9 Å². The maximum Gasteiger partial charge on any atom is 0.341 e. The molecule has 0 saturated heterocycles. The summed E-state index contributed by atoms with van der Waals surface area (Å²) in [5.74, 6) is -2.09. The molecule has 0 saturated carbocycles. The number of hydrogen-bond acceptors (Lipinski definition) is 6. The Morgan fingerprint density at radius 3 is 2.58 bits per heavy atom. The number of esters is 1. The third-order valence-corrected chi connectivity index (χ3v) is 3.45. The van der Waals surface area contributed by atoms with Crippen LogP contribution in [0.4, 0.5) is 21.5 Å². The summed E-state index contributed by atoms with van der Waals surface area (Å²) in [5.41, 5.74) is 0.169. The van der Waals surface area contributed by atoms with Crippen molar-refractivity contribution in [3.05, 3.63) is 64.0 Å². The van der Waals surface area contributed by atoms with E-state index in [9.17, 15) is 24.1 Å². The van der Waals surface area contributed by atoms with Crippen LogP contribution >= 0.6 is 0 Å². The molecular weight excluding hydrogens is 345 g/mol. The quantitative estimate of drug-likeness (QED) is 0.465. The van der Waals surface area contributed by atoms with E-state index in [4.69, 9.17) is 4.74 Å². The normalized spacial score (nSPS) is 11.3. The number of halogens is 1. The highest BCUT2D eigenvalue weighted by Crippen LogP contribution is 2.23. The van der Waals surface area contributed by atoms with Gasteiger partial charge in [-0.05, 0) is 31.2 Å². The molecular formula is C17H16FN3O5. The van der Waals surface area contributed by atoms with Crippen molar-refractivity contribution in [2.45, 2.75) is 13.0 Å². The Balaban J connectivity index is 2.12. The van der Waals surface area contributed by atoms with Gasteiger partial charge in [0.1, 0.15) is 5.82 Å². The van der Waals surface area contributed by atoms with Crippen LogP contribution in [0.15, 0.2) is 42.5 Å². The predicted octanol–water partition coefficient (Wildman–Crippen LogP) is 2.96. The number of nitro groups is 1. The number of nitrogens with one attached hydrogen (secondary N) is 2. The second kappa shape index (κ2) is 8.06. The van der Waals surface area contributed by atoms with Gasteiger partial charge in [-0.1, -0.05) is 6.07 Å². The lowest BCUT2D eigenvalue weighted by Gasteiger charge is -2.15. The Kier molecular flexibility index (Phi) is 5.84. The molecule has 2 aromatic carbocycles. The van der Waals surface area contributed by atoms with E-state index in [1.165, 1.54) is 44.3 Å². The van der Waals surface area contributed by atoms with Crippen LogP contribution < -0.4 is 10.6 Å². The Morgan fingerprint density at radius 2 is 1.96 bits per heavy atom. The van der Waals surface area contributed by atoms with Crippen molar-refractivity contribution in [2.75, 3.05) is 17.7 Å². The van der Waals surface area contributed by atoms with Crippen molar-refractivity contribution in [1.29, 1.82) is 0 Å². The minimum Gasteiger partial charge on any atom is -0.449 e. The zero-order valence-electron chi connectivity index (χ0n) is 14.0. The van der Waals surface area contributed by atoms with Gasteiger partial charge in [0.25, 0.3) is 11.6 Å². The van der Waals surface area contributed by atoms with Crippen LogP contribution in [0.3, 0.4) is 0 Å². The minimum absolute atomic E-state index is 0.0768. The Morgan fingerprint density at radius 1 is 1.23 bits per heavy atom. The van der Waals surface area contributed by atoms with Crippen LogP contribution in [0.5, 0.6) is 0 Å². The van der Waals surface area contributed by atoms with Crippen LogP contribution in [0.1, 0.15) is 17.3 Å². The second-order valence-electron chi connectivity index (χ2n) is 5.28. The first-order valence-electron chi connectivity index (χ1n) is 7.55. The maximum absolute atomic E-state index is 13.1. The average molecular weight is 361 g/mol. The van der Waals surface area contributed by atoms with E-state index in [0.29, 0.717) is 5.69 Å². The van der Waals surface area contributed by atoms with E-state index < -0.39 is 28.7 Å². The molecule has 8 nitrogen and oxygen atoms in total. The molecule has 0 aliphatic carbocycles. The number of anilines is 2. The number of non-ortho nitro benzene ring substituents is 1. The predicted molar refractivity (Wildman–Crippen MR) is 92.6 cm³/mol. The average Bonchev–Trinajstić information content (AvgIpc) is 2.60. The molecule has 0 bridgehead atoms. The SMILES string of the molecule is CNc1ccc([N+](=O)[O-])cc1C(=O)O[C@H](C)C(=O)Nc1cccc(F)c1. The molecule has 0 aliphatic rings. The number of nitro benzene ring substituents is 1. The van der Waals surface area contributed by atoms with E-state index in [2.05, 4.69) is 10.6 Å². The summed E-state index contributed by atoms with van der Waals surface area (Å²) in [4.78, 5) is 34.6. The number of amides is 1. The Labute approximate surface area is 148 Å². The molecule has 136 valence electrons. The van der Waals surface area contributed by atoms with Crippen LogP contribution in [0.2, 0.25) is 0 Å². The van der Waals surface area contributed by atoms with Crippen molar-refractivity contribution in [1.82, 2.24) is 0 Å². The highest BCUT2D eigenvalue weighted by Gasteiger charge is 2.23. The van der Waals surface area contributed by atoms with Gasteiger partial charge in [-0.2, -0.15) is 0 Å². The summed E-state index contributed by atoms with van der Waals surface area (Å²) in [6, 6.07) is 8.91. The zero-order valence-corrected chi connectivity index (χ0v) is 14.0. The molecule has 26 heavy (non-hydrogen) atoms. The highest BCUT2D eigenvalue weighted by atomic mass is 19.1. The van der Waals surface area contributed by atoms with E-state index >= 15 is 0 Å². The van der Waals surface area contributed by atoms with Gasteiger partial charge in [-0.15, -0.1) is 0 Å². The number of rotatable bonds is 6. The minimum atomic E-state index is -1.20. The van der Waals surface area contributed by atoms with Crippen molar-refractivity contribution in [2.24, 2.45) is 0 Å². The lowest BCUT2D eigenvalue weighted by Crippen LogP contribution is -2.30. The molecule has 2 aromatic rings. The van der Waals surface area contributed by atoms with Gasteiger partial charge in [-0.25, -0.2) is 9.18 Å². The number of hydrogen-bond donors (Lipinski definition) is 2. The monoisotopic (exact) mass is 361 g/mol. The molecule has 0 heterocycles. The number of nitrogens with zero attached hydrogens (tertiary/aromatic N) is 1. The molecule has 2 rings (SSSR count). The van der Waals surface area contributed by atoms with Gasteiger partial charge >= 0.3 is 5.97 Å². The van der Waals surface area contributed by atoms with Crippen molar-refractivity contribution in [3.63, 3.8) is 0 Å². The molecule has 0 aliphatic heterocycles. The fourth-order valence-corrected chi connectivity index (χ4v) is 2.12. The van der Waals surface area contributed by atoms with Gasteiger partial charge in [0.2, 0.25) is 0 Å². The van der Waals surface area contributed by atoms with Crippen molar-refractivity contribution < 1.29 is 23.6 Å². The number of benzene rings is 2. The third kappa shape index (κ3) is 4.53. The molecule has 2 N–H and O–H groups in total. The molecule has 0 radical (unpaired) electrons. The highest BCUT2D eigenvalue weighted by molar-refractivity contribution is 6.00. The Hall–Kier alpha value is -3.49. The summed E-state index contributed by atoms with van der Waals surface area (Å²) >= 11 is 0. The second-order valence-corrected chi connectivity index (χ2v) is 5.28. The topological polar surface area (TPSA) is 111 Å². The molecule has 1 amide bonds. The lowest BCUT2D eigenvalue weighted by atomic mass is 10.1. The summed E-state index contributed by atoms with van der Waals surface area (Å²) < 4.78 is 18.2. The van der Waals surface area contributed by atoms with E-state index in [1.54, 1.807) is 0 Å². The number of carbonyl (C=O) groups is 2. The van der Waals surface area contributed by atoms with Gasteiger partial charge in [0, 0.05) is 30.6 Å². The van der Waals surface area contributed by atoms with Crippen molar-refractivity contribution in [3.8, 4) is 0 Å². The first kappa shape index (κ1) is 18.8. The molecule has 1 atom stereocenters. The Bertz CT molecular complexity index is 856. The molecule has 0 spiro atoms. The van der Waals surface area contributed by atoms with Crippen LogP contribution in [0, 0.1) is 15.9 Å². The van der Waals surface area contributed by atoms with Crippen LogP contribution in [0.25, 0.3) is 0 Å². The van der Waals surface area contributed by atoms with E-state index in [0.717, 1.165) is 12.1 Å². The summed E-state index contributed by atoms with van der Waals surface area (Å²) in [5, 5.41) is 16.0. The molecule has 0 fully saturated rings. The number of carbonyl (C=O) groups excluding carboxylic acids is 2. The van der Waals surface area contributed by atoms with E-state index in [-0.39, 0.29) is 16.9 Å². The first-order chi connectivity index (χ1) is 12.3. The maximum atomic E-state index is 13.1. The largest absolute Gasteiger partial charge is 0.449 e. The molecule has 0 unspecified atom stereocenters. The smallest absolute Gasteiger partial charge is 0.341 e. The fraction of sp³-hybridized carbons (Fsp3) is 0.176. The van der Waals surface area contributed by atoms with Gasteiger partial charge in [0.15, 0.2) is 6.10 Å². The molecule has 0 aromatic heterocycles. The lowest BCUT2D eigenvalue weighted by molar-refractivity contribution is -0.384. The zero-order chi connectivity index (χ0) is 19.3. The van der Waals surface area contributed by atoms with Crippen LogP contribution in [-0.2, 0) is 9.53 Å². The van der Waals surface area contributed by atoms with Gasteiger partial charge < -0.3 is 15.4 Å². The van der Waals surface area contributed by atoms with Gasteiger partial charge in [-0.3, -0.25) is 14.9 Å². The van der Waals surface area contributed by atoms with Crippen LogP contribution in [-0.4, -0.2) is 30.0 Å². The third-order valence-electron chi connectivity index (χ3n) is 3.45. The number of ether oxygens (including phenoxy) is 1. The summed E-state index contributed by atoms with van der Waals surface area (Å²) in [6.45, 7) is 1.34. The summed E-state index contributed by atoms with van der Waals surface area (Å²) in [6.07, 6.45) is -1.20. The fourth-order valence-electron chi connectivity index (χ4n) is 2.12. The van der Waals surface area contributed by atoms with E-state index in [1.807, 2.05) is 0 Å². The first-order valence-corrected chi connectivity index (χ1v) is 7.55.